The number of nitrogens with two attached hydrogens (primary N) is 1. The predicted molar refractivity (Wildman–Crippen MR) is 84.2 cm³/mol. The van der Waals surface area contributed by atoms with E-state index in [1.165, 1.54) is 0 Å². The molecule has 1 atom stereocenters. The summed E-state index contributed by atoms with van der Waals surface area (Å²) in [5.74, 6) is 0.941. The van der Waals surface area contributed by atoms with Gasteiger partial charge in [0.15, 0.2) is 0 Å². The van der Waals surface area contributed by atoms with E-state index in [4.69, 9.17) is 15.7 Å². The van der Waals surface area contributed by atoms with E-state index < -0.39 is 0 Å². The van der Waals surface area contributed by atoms with Crippen molar-refractivity contribution in [3.63, 3.8) is 0 Å². The van der Waals surface area contributed by atoms with Crippen molar-refractivity contribution in [1.82, 2.24) is 4.90 Å². The molecular formula is C17H23N3O2. The third-order valence-electron chi connectivity index (χ3n) is 3.94. The van der Waals surface area contributed by atoms with E-state index in [0.29, 0.717) is 24.5 Å². The minimum atomic E-state index is -0.201. The standard InChI is InChI=1S/C17H23N3O2/c18-12-14-4-1-6-16(10-14)22-9-3-8-20-7-2-5-15(13-20)11-17(19)21/h1,4,6,10,15H,2-3,5,7-9,11,13H2,(H2,19,21)/t15-/m1/s1. The molecule has 0 aromatic heterocycles. The van der Waals surface area contributed by atoms with Crippen LogP contribution in [0, 0.1) is 17.2 Å². The highest BCUT2D eigenvalue weighted by atomic mass is 16.5. The van der Waals surface area contributed by atoms with E-state index in [9.17, 15) is 4.79 Å². The molecule has 0 radical (unpaired) electrons. The molecule has 1 aromatic carbocycles. The highest BCUT2D eigenvalue weighted by Gasteiger charge is 2.20. The van der Waals surface area contributed by atoms with Crippen molar-refractivity contribution in [2.75, 3.05) is 26.2 Å². The summed E-state index contributed by atoms with van der Waals surface area (Å²) in [5.41, 5.74) is 5.89. The van der Waals surface area contributed by atoms with Gasteiger partial charge in [-0.15, -0.1) is 0 Å². The number of ether oxygens (including phenoxy) is 1. The molecule has 0 saturated carbocycles. The van der Waals surface area contributed by atoms with Crippen molar-refractivity contribution < 1.29 is 9.53 Å². The second-order valence-corrected chi connectivity index (χ2v) is 5.82. The lowest BCUT2D eigenvalue weighted by Gasteiger charge is -2.32. The zero-order valence-electron chi connectivity index (χ0n) is 12.8. The Morgan fingerprint density at radius 3 is 3.14 bits per heavy atom. The lowest BCUT2D eigenvalue weighted by atomic mass is 9.94. The molecule has 22 heavy (non-hydrogen) atoms. The van der Waals surface area contributed by atoms with Gasteiger partial charge in [-0.2, -0.15) is 5.26 Å². The number of nitrogens with zero attached hydrogens (tertiary/aromatic N) is 2. The Bertz CT molecular complexity index is 539. The van der Waals surface area contributed by atoms with E-state index in [-0.39, 0.29) is 5.91 Å². The van der Waals surface area contributed by atoms with Crippen molar-refractivity contribution in [1.29, 1.82) is 5.26 Å². The third kappa shape index (κ3) is 5.38. The third-order valence-corrected chi connectivity index (χ3v) is 3.94. The number of hydrogen-bond acceptors (Lipinski definition) is 4. The number of carbonyl (C=O) groups excluding carboxylic acids is 1. The topological polar surface area (TPSA) is 79.3 Å². The molecule has 1 fully saturated rings. The smallest absolute Gasteiger partial charge is 0.217 e. The number of benzene rings is 1. The summed E-state index contributed by atoms with van der Waals surface area (Å²) < 4.78 is 5.68. The maximum absolute atomic E-state index is 11.0. The number of likely N-dealkylation sites (tertiary alicyclic amines) is 1. The van der Waals surface area contributed by atoms with Gasteiger partial charge in [0.1, 0.15) is 5.75 Å². The molecular weight excluding hydrogens is 278 g/mol. The van der Waals surface area contributed by atoms with Crippen molar-refractivity contribution in [3.8, 4) is 11.8 Å². The van der Waals surface area contributed by atoms with Gasteiger partial charge in [-0.1, -0.05) is 6.07 Å². The molecule has 1 saturated heterocycles. The molecule has 1 amide bonds. The Hall–Kier alpha value is -2.06. The van der Waals surface area contributed by atoms with Gasteiger partial charge in [0.25, 0.3) is 0 Å². The zero-order valence-corrected chi connectivity index (χ0v) is 12.8. The molecule has 2 N–H and O–H groups in total. The quantitative estimate of drug-likeness (QED) is 0.780. The summed E-state index contributed by atoms with van der Waals surface area (Å²) in [6.07, 6.45) is 3.65. The number of nitriles is 1. The van der Waals surface area contributed by atoms with Crippen molar-refractivity contribution >= 4 is 5.91 Å². The maximum Gasteiger partial charge on any atom is 0.217 e. The van der Waals surface area contributed by atoms with Crippen LogP contribution in [0.2, 0.25) is 0 Å². The van der Waals surface area contributed by atoms with E-state index in [1.807, 2.05) is 12.1 Å². The van der Waals surface area contributed by atoms with Crippen LogP contribution in [-0.2, 0) is 4.79 Å². The number of amides is 1. The highest BCUT2D eigenvalue weighted by Crippen LogP contribution is 2.19. The summed E-state index contributed by atoms with van der Waals surface area (Å²) in [6.45, 7) is 3.63. The van der Waals surface area contributed by atoms with Gasteiger partial charge in [0.05, 0.1) is 18.2 Å². The van der Waals surface area contributed by atoms with Crippen LogP contribution in [0.5, 0.6) is 5.75 Å². The first-order chi connectivity index (χ1) is 10.7. The predicted octanol–water partition coefficient (Wildman–Crippen LogP) is 1.91. The minimum Gasteiger partial charge on any atom is -0.494 e. The average Bonchev–Trinajstić information content (AvgIpc) is 2.51. The van der Waals surface area contributed by atoms with Crippen LogP contribution < -0.4 is 10.5 Å². The van der Waals surface area contributed by atoms with Crippen molar-refractivity contribution in [2.45, 2.75) is 25.7 Å². The minimum absolute atomic E-state index is 0.201. The van der Waals surface area contributed by atoms with E-state index in [1.54, 1.807) is 12.1 Å². The Kier molecular flexibility index (Phi) is 6.23. The summed E-state index contributed by atoms with van der Waals surface area (Å²) in [6, 6.07) is 9.31. The number of rotatable bonds is 7. The van der Waals surface area contributed by atoms with Crippen molar-refractivity contribution in [2.24, 2.45) is 11.7 Å². The van der Waals surface area contributed by atoms with Crippen LogP contribution in [0.1, 0.15) is 31.2 Å². The Morgan fingerprint density at radius 2 is 2.36 bits per heavy atom. The molecule has 5 heteroatoms. The van der Waals surface area contributed by atoms with Gasteiger partial charge in [-0.05, 0) is 49.9 Å². The monoisotopic (exact) mass is 301 g/mol. The summed E-state index contributed by atoms with van der Waals surface area (Å²) in [7, 11) is 0. The van der Waals surface area contributed by atoms with E-state index in [0.717, 1.165) is 44.6 Å². The molecule has 1 aromatic rings. The lowest BCUT2D eigenvalue weighted by Crippen LogP contribution is -2.38. The molecule has 0 unspecified atom stereocenters. The Morgan fingerprint density at radius 1 is 1.50 bits per heavy atom. The number of hydrogen-bond donors (Lipinski definition) is 1. The summed E-state index contributed by atoms with van der Waals surface area (Å²) in [5, 5.41) is 8.85. The lowest BCUT2D eigenvalue weighted by molar-refractivity contribution is -0.119. The van der Waals surface area contributed by atoms with E-state index in [2.05, 4.69) is 11.0 Å². The first kappa shape index (κ1) is 16.3. The maximum atomic E-state index is 11.0. The molecule has 118 valence electrons. The van der Waals surface area contributed by atoms with Gasteiger partial charge in [0.2, 0.25) is 5.91 Å². The van der Waals surface area contributed by atoms with Gasteiger partial charge < -0.3 is 15.4 Å². The van der Waals surface area contributed by atoms with Crippen LogP contribution in [0.15, 0.2) is 24.3 Å². The van der Waals surface area contributed by atoms with Gasteiger partial charge in [-0.25, -0.2) is 0 Å². The Labute approximate surface area is 131 Å². The molecule has 0 aliphatic carbocycles. The second kappa shape index (κ2) is 8.40. The van der Waals surface area contributed by atoms with Crippen molar-refractivity contribution in [3.05, 3.63) is 29.8 Å². The SMILES string of the molecule is N#Cc1cccc(OCCCN2CCC[C@H](CC(N)=O)C2)c1. The molecule has 1 aliphatic heterocycles. The number of piperidine rings is 1. The molecule has 1 aliphatic rings. The molecule has 5 nitrogen and oxygen atoms in total. The van der Waals surface area contributed by atoms with Crippen LogP contribution >= 0.6 is 0 Å². The van der Waals surface area contributed by atoms with Gasteiger partial charge in [-0.3, -0.25) is 4.79 Å². The molecule has 1 heterocycles. The van der Waals surface area contributed by atoms with Crippen LogP contribution in [0.25, 0.3) is 0 Å². The fourth-order valence-corrected chi connectivity index (χ4v) is 2.94. The zero-order chi connectivity index (χ0) is 15.8. The largest absolute Gasteiger partial charge is 0.494 e. The van der Waals surface area contributed by atoms with Gasteiger partial charge >= 0.3 is 0 Å². The Balaban J connectivity index is 1.67. The average molecular weight is 301 g/mol. The molecule has 0 bridgehead atoms. The van der Waals surface area contributed by atoms with Crippen LogP contribution in [0.4, 0.5) is 0 Å². The summed E-state index contributed by atoms with van der Waals surface area (Å²) >= 11 is 0. The normalized spacial score (nSPS) is 18.6. The second-order valence-electron chi connectivity index (χ2n) is 5.82. The van der Waals surface area contributed by atoms with Crippen LogP contribution in [0.3, 0.4) is 0 Å². The van der Waals surface area contributed by atoms with Gasteiger partial charge in [0, 0.05) is 19.5 Å². The highest BCUT2D eigenvalue weighted by molar-refractivity contribution is 5.74. The number of carbonyl (C=O) groups is 1. The summed E-state index contributed by atoms with van der Waals surface area (Å²) in [4.78, 5) is 13.4. The first-order valence-electron chi connectivity index (χ1n) is 7.81. The number of primary amides is 1. The fraction of sp³-hybridized carbons (Fsp3) is 0.529. The first-order valence-corrected chi connectivity index (χ1v) is 7.81. The fourth-order valence-electron chi connectivity index (χ4n) is 2.94. The molecule has 2 rings (SSSR count). The molecule has 0 spiro atoms. The van der Waals surface area contributed by atoms with Crippen LogP contribution in [-0.4, -0.2) is 37.0 Å². The van der Waals surface area contributed by atoms with E-state index >= 15 is 0 Å².